The first-order valence-electron chi connectivity index (χ1n) is 8.80. The van der Waals surface area contributed by atoms with Crippen molar-refractivity contribution in [2.24, 2.45) is 0 Å². The van der Waals surface area contributed by atoms with Crippen LogP contribution in [0.15, 0.2) is 40.9 Å². The van der Waals surface area contributed by atoms with Crippen molar-refractivity contribution in [2.75, 3.05) is 26.4 Å². The Kier molecular flexibility index (Phi) is 8.35. The SMILES string of the molecule is CCOc1cc(C#N)cc(Br)c1OCC(=O)NCCOc1ccc(C(F)(F)F)cc1. The molecular weight excluding hydrogens is 469 g/mol. The normalized spacial score (nSPS) is 10.8. The van der Waals surface area contributed by atoms with Gasteiger partial charge in [0.05, 0.1) is 34.8 Å². The summed E-state index contributed by atoms with van der Waals surface area (Å²) in [6, 6.07) is 9.34. The van der Waals surface area contributed by atoms with E-state index in [1.165, 1.54) is 18.2 Å². The maximum absolute atomic E-state index is 12.5. The molecule has 0 aliphatic rings. The molecule has 0 fully saturated rings. The summed E-state index contributed by atoms with van der Waals surface area (Å²) in [4.78, 5) is 12.0. The Morgan fingerprint density at radius 3 is 2.47 bits per heavy atom. The third kappa shape index (κ3) is 6.84. The van der Waals surface area contributed by atoms with Gasteiger partial charge in [-0.2, -0.15) is 18.4 Å². The molecule has 0 spiro atoms. The Hall–Kier alpha value is -2.93. The van der Waals surface area contributed by atoms with Crippen LogP contribution in [0.3, 0.4) is 0 Å². The average Bonchev–Trinajstić information content (AvgIpc) is 2.70. The maximum Gasteiger partial charge on any atom is 0.416 e. The summed E-state index contributed by atoms with van der Waals surface area (Å²) in [7, 11) is 0. The highest BCUT2D eigenvalue weighted by Gasteiger charge is 2.30. The summed E-state index contributed by atoms with van der Waals surface area (Å²) >= 11 is 3.29. The van der Waals surface area contributed by atoms with E-state index in [2.05, 4.69) is 21.2 Å². The first-order valence-corrected chi connectivity index (χ1v) is 9.60. The highest BCUT2D eigenvalue weighted by atomic mass is 79.9. The van der Waals surface area contributed by atoms with E-state index in [1.54, 1.807) is 13.0 Å². The molecule has 1 N–H and O–H groups in total. The van der Waals surface area contributed by atoms with Gasteiger partial charge < -0.3 is 19.5 Å². The fourth-order valence-electron chi connectivity index (χ4n) is 2.32. The summed E-state index contributed by atoms with van der Waals surface area (Å²) in [6.07, 6.45) is -4.40. The predicted molar refractivity (Wildman–Crippen MR) is 105 cm³/mol. The van der Waals surface area contributed by atoms with E-state index in [0.29, 0.717) is 28.1 Å². The number of nitrogens with zero attached hydrogens (tertiary/aromatic N) is 1. The first-order chi connectivity index (χ1) is 14.2. The number of hydrogen-bond acceptors (Lipinski definition) is 5. The van der Waals surface area contributed by atoms with Crippen molar-refractivity contribution < 1.29 is 32.2 Å². The molecule has 10 heteroatoms. The van der Waals surface area contributed by atoms with Crippen LogP contribution in [0.2, 0.25) is 0 Å². The number of carbonyl (C=O) groups excluding carboxylic acids is 1. The zero-order valence-corrected chi connectivity index (χ0v) is 17.5. The molecule has 2 aromatic rings. The quantitative estimate of drug-likeness (QED) is 0.534. The fourth-order valence-corrected chi connectivity index (χ4v) is 2.88. The lowest BCUT2D eigenvalue weighted by atomic mass is 10.2. The Balaban J connectivity index is 1.80. The minimum Gasteiger partial charge on any atom is -0.492 e. The van der Waals surface area contributed by atoms with E-state index >= 15 is 0 Å². The molecule has 0 heterocycles. The van der Waals surface area contributed by atoms with Crippen LogP contribution in [0.4, 0.5) is 13.2 Å². The van der Waals surface area contributed by atoms with Crippen molar-refractivity contribution in [2.45, 2.75) is 13.1 Å². The topological polar surface area (TPSA) is 80.6 Å². The first kappa shape index (κ1) is 23.3. The number of rotatable bonds is 9. The van der Waals surface area contributed by atoms with Gasteiger partial charge >= 0.3 is 6.18 Å². The van der Waals surface area contributed by atoms with Crippen LogP contribution in [0, 0.1) is 11.3 Å². The summed E-state index contributed by atoms with van der Waals surface area (Å²) in [5, 5.41) is 11.6. The summed E-state index contributed by atoms with van der Waals surface area (Å²) in [5.74, 6) is 0.468. The van der Waals surface area contributed by atoms with E-state index in [-0.39, 0.29) is 25.5 Å². The van der Waals surface area contributed by atoms with E-state index in [1.807, 2.05) is 6.07 Å². The average molecular weight is 487 g/mol. The van der Waals surface area contributed by atoms with E-state index in [0.717, 1.165) is 12.1 Å². The van der Waals surface area contributed by atoms with Crippen LogP contribution in [-0.4, -0.2) is 32.3 Å². The van der Waals surface area contributed by atoms with Gasteiger partial charge in [-0.25, -0.2) is 0 Å². The monoisotopic (exact) mass is 486 g/mol. The molecule has 0 aliphatic carbocycles. The predicted octanol–water partition coefficient (Wildman–Crippen LogP) is 4.31. The Morgan fingerprint density at radius 1 is 1.17 bits per heavy atom. The van der Waals surface area contributed by atoms with E-state index in [4.69, 9.17) is 19.5 Å². The Bertz CT molecular complexity index is 912. The smallest absolute Gasteiger partial charge is 0.416 e. The molecule has 2 aromatic carbocycles. The molecule has 0 radical (unpaired) electrons. The number of carbonyl (C=O) groups is 1. The lowest BCUT2D eigenvalue weighted by Gasteiger charge is -2.14. The van der Waals surface area contributed by atoms with Crippen LogP contribution in [-0.2, 0) is 11.0 Å². The van der Waals surface area contributed by atoms with Gasteiger partial charge in [-0.3, -0.25) is 4.79 Å². The molecule has 0 saturated carbocycles. The number of alkyl halides is 3. The fraction of sp³-hybridized carbons (Fsp3) is 0.300. The molecule has 160 valence electrons. The van der Waals surface area contributed by atoms with Gasteiger partial charge in [0.15, 0.2) is 18.1 Å². The molecule has 0 bridgehead atoms. The Labute approximate surface area is 179 Å². The van der Waals surface area contributed by atoms with Gasteiger partial charge in [0.2, 0.25) is 0 Å². The maximum atomic E-state index is 12.5. The van der Waals surface area contributed by atoms with Crippen LogP contribution in [0.25, 0.3) is 0 Å². The van der Waals surface area contributed by atoms with Gasteiger partial charge in [-0.1, -0.05) is 0 Å². The molecule has 6 nitrogen and oxygen atoms in total. The van der Waals surface area contributed by atoms with Crippen molar-refractivity contribution in [3.63, 3.8) is 0 Å². The molecule has 2 rings (SSSR count). The standard InChI is InChI=1S/C20H18BrF3N2O4/c1-2-28-17-10-13(11-25)9-16(21)19(17)30-12-18(27)26-7-8-29-15-5-3-14(4-6-15)20(22,23)24/h3-6,9-10H,2,7-8,12H2,1H3,(H,26,27). The lowest BCUT2D eigenvalue weighted by Crippen LogP contribution is -2.32. The van der Waals surface area contributed by atoms with E-state index < -0.39 is 17.6 Å². The van der Waals surface area contributed by atoms with Crippen molar-refractivity contribution in [3.8, 4) is 23.3 Å². The van der Waals surface area contributed by atoms with Gasteiger partial charge in [0, 0.05) is 6.07 Å². The number of ether oxygens (including phenoxy) is 3. The molecule has 0 aliphatic heterocycles. The Morgan fingerprint density at radius 2 is 1.87 bits per heavy atom. The van der Waals surface area contributed by atoms with Gasteiger partial charge in [0.25, 0.3) is 5.91 Å². The summed E-state index contributed by atoms with van der Waals surface area (Å²) < 4.78 is 54.3. The molecular formula is C20H18BrF3N2O4. The highest BCUT2D eigenvalue weighted by molar-refractivity contribution is 9.10. The van der Waals surface area contributed by atoms with Crippen molar-refractivity contribution in [1.82, 2.24) is 5.32 Å². The van der Waals surface area contributed by atoms with Crippen molar-refractivity contribution in [1.29, 1.82) is 5.26 Å². The summed E-state index contributed by atoms with van der Waals surface area (Å²) in [6.45, 7) is 2.04. The molecule has 1 amide bonds. The number of halogens is 4. The van der Waals surface area contributed by atoms with Crippen LogP contribution >= 0.6 is 15.9 Å². The highest BCUT2D eigenvalue weighted by Crippen LogP contribution is 2.36. The molecule has 30 heavy (non-hydrogen) atoms. The number of amides is 1. The number of nitriles is 1. The summed E-state index contributed by atoms with van der Waals surface area (Å²) in [5.41, 5.74) is -0.386. The van der Waals surface area contributed by atoms with Gasteiger partial charge in [-0.05, 0) is 53.2 Å². The lowest BCUT2D eigenvalue weighted by molar-refractivity contribution is -0.137. The molecule has 0 atom stereocenters. The molecule has 0 saturated heterocycles. The van der Waals surface area contributed by atoms with Crippen LogP contribution in [0.5, 0.6) is 17.2 Å². The van der Waals surface area contributed by atoms with Crippen molar-refractivity contribution in [3.05, 3.63) is 52.0 Å². The van der Waals surface area contributed by atoms with Crippen LogP contribution in [0.1, 0.15) is 18.1 Å². The third-order valence-corrected chi connectivity index (χ3v) is 4.25. The molecule has 0 aromatic heterocycles. The largest absolute Gasteiger partial charge is 0.492 e. The third-order valence-electron chi connectivity index (χ3n) is 3.66. The number of nitrogens with one attached hydrogen (secondary N) is 1. The second kappa shape index (κ2) is 10.7. The zero-order valence-electron chi connectivity index (χ0n) is 15.9. The van der Waals surface area contributed by atoms with Gasteiger partial charge in [-0.15, -0.1) is 0 Å². The van der Waals surface area contributed by atoms with E-state index in [9.17, 15) is 18.0 Å². The van der Waals surface area contributed by atoms with Crippen molar-refractivity contribution >= 4 is 21.8 Å². The van der Waals surface area contributed by atoms with Crippen LogP contribution < -0.4 is 19.5 Å². The minimum atomic E-state index is -4.40. The number of hydrogen-bond donors (Lipinski definition) is 1. The van der Waals surface area contributed by atoms with Gasteiger partial charge in [0.1, 0.15) is 12.4 Å². The molecule has 0 unspecified atom stereocenters. The number of benzene rings is 2. The second-order valence-electron chi connectivity index (χ2n) is 5.84. The zero-order chi connectivity index (χ0) is 22.1. The minimum absolute atomic E-state index is 0.0713. The second-order valence-corrected chi connectivity index (χ2v) is 6.69.